The first kappa shape index (κ1) is 10.2. The molecule has 0 aliphatic rings. The second-order valence-corrected chi connectivity index (χ2v) is 2.41. The minimum Gasteiger partial charge on any atom is -0.409 e. The molecule has 0 bridgehead atoms. The fraction of sp³-hybridized carbons (Fsp3) is 0.833. The van der Waals surface area contributed by atoms with E-state index in [1.807, 2.05) is 0 Å². The zero-order chi connectivity index (χ0) is 8.85. The molecule has 11 heavy (non-hydrogen) atoms. The third-order valence-corrected chi connectivity index (χ3v) is 1.66. The molecule has 0 aliphatic carbocycles. The van der Waals surface area contributed by atoms with Gasteiger partial charge in [0.05, 0.1) is 12.6 Å². The summed E-state index contributed by atoms with van der Waals surface area (Å²) < 4.78 is 0. The van der Waals surface area contributed by atoms with Crippen LogP contribution in [0.25, 0.3) is 0 Å². The molecule has 1 unspecified atom stereocenters. The molecule has 0 aromatic heterocycles. The molecule has 0 rings (SSSR count). The average Bonchev–Trinajstić information content (AvgIpc) is 2.02. The Balaban J connectivity index is 3.91. The molecule has 0 spiro atoms. The number of nitrogens with zero attached hydrogens (tertiary/aromatic N) is 2. The zero-order valence-electron chi connectivity index (χ0n) is 6.86. The summed E-state index contributed by atoms with van der Waals surface area (Å²) in [5, 5.41) is 19.7. The highest BCUT2D eigenvalue weighted by molar-refractivity contribution is 5.84. The van der Waals surface area contributed by atoms with Crippen LogP contribution >= 0.6 is 0 Å². The summed E-state index contributed by atoms with van der Waals surface area (Å²) >= 11 is 0. The van der Waals surface area contributed by atoms with Crippen LogP contribution in [0, 0.1) is 0 Å². The van der Waals surface area contributed by atoms with Crippen molar-refractivity contribution >= 4 is 5.84 Å². The molecule has 0 fully saturated rings. The normalized spacial score (nSPS) is 15.5. The van der Waals surface area contributed by atoms with Gasteiger partial charge in [0.2, 0.25) is 0 Å². The summed E-state index contributed by atoms with van der Waals surface area (Å²) in [5.41, 5.74) is 5.32. The van der Waals surface area contributed by atoms with Gasteiger partial charge in [0, 0.05) is 6.54 Å². The fourth-order valence-electron chi connectivity index (χ4n) is 0.661. The number of aliphatic hydroxyl groups excluding tert-OH is 1. The monoisotopic (exact) mass is 161 g/mol. The van der Waals surface area contributed by atoms with E-state index in [0.29, 0.717) is 6.54 Å². The number of hydrogen-bond acceptors (Lipinski definition) is 4. The van der Waals surface area contributed by atoms with Gasteiger partial charge in [-0.15, -0.1) is 0 Å². The first-order valence-electron chi connectivity index (χ1n) is 3.42. The van der Waals surface area contributed by atoms with Gasteiger partial charge in [-0.25, -0.2) is 0 Å². The Labute approximate surface area is 66.1 Å². The highest BCUT2D eigenvalue weighted by atomic mass is 16.4. The summed E-state index contributed by atoms with van der Waals surface area (Å²) in [7, 11) is 1.79. The number of likely N-dealkylation sites (N-methyl/N-ethyl adjacent to an activating group) is 1. The van der Waals surface area contributed by atoms with E-state index in [4.69, 9.17) is 16.0 Å². The lowest BCUT2D eigenvalue weighted by molar-refractivity contribution is 0.208. The quantitative estimate of drug-likeness (QED) is 0.215. The Hall–Kier alpha value is -0.810. The maximum atomic E-state index is 8.56. The first-order chi connectivity index (χ1) is 5.13. The number of rotatable bonds is 4. The summed E-state index contributed by atoms with van der Waals surface area (Å²) in [6, 6.07) is -0.146. The molecular formula is C6H15N3O2. The van der Waals surface area contributed by atoms with Gasteiger partial charge < -0.3 is 16.0 Å². The van der Waals surface area contributed by atoms with Crippen molar-refractivity contribution in [2.24, 2.45) is 10.9 Å². The standard InChI is InChI=1S/C6H15N3O2/c1-5(6(7)8-11)9(2)3-4-10/h5,10-11H,3-4H2,1-2H3,(H2,7,8). The lowest BCUT2D eigenvalue weighted by Crippen LogP contribution is -2.41. The molecule has 0 aromatic carbocycles. The molecule has 1 atom stereocenters. The Morgan fingerprint density at radius 2 is 2.27 bits per heavy atom. The molecule has 0 saturated heterocycles. The maximum Gasteiger partial charge on any atom is 0.156 e. The number of amidine groups is 1. The number of hydrogen-bond donors (Lipinski definition) is 3. The summed E-state index contributed by atoms with van der Waals surface area (Å²) in [6.45, 7) is 2.38. The molecule has 5 nitrogen and oxygen atoms in total. The predicted molar refractivity (Wildman–Crippen MR) is 42.6 cm³/mol. The predicted octanol–water partition coefficient (Wildman–Crippen LogP) is -0.955. The lowest BCUT2D eigenvalue weighted by atomic mass is 10.3. The highest BCUT2D eigenvalue weighted by Crippen LogP contribution is 1.93. The van der Waals surface area contributed by atoms with Crippen molar-refractivity contribution in [1.29, 1.82) is 0 Å². The molecule has 0 heterocycles. The summed E-state index contributed by atoms with van der Waals surface area (Å²) in [4.78, 5) is 1.79. The van der Waals surface area contributed by atoms with Gasteiger partial charge in [0.15, 0.2) is 5.84 Å². The smallest absolute Gasteiger partial charge is 0.156 e. The Bertz CT molecular complexity index is 138. The van der Waals surface area contributed by atoms with E-state index in [-0.39, 0.29) is 18.5 Å². The van der Waals surface area contributed by atoms with Gasteiger partial charge in [-0.2, -0.15) is 0 Å². The van der Waals surface area contributed by atoms with Crippen LogP contribution < -0.4 is 5.73 Å². The SMILES string of the molecule is CC(C(N)=NO)N(C)CCO. The third-order valence-electron chi connectivity index (χ3n) is 1.66. The first-order valence-corrected chi connectivity index (χ1v) is 3.42. The highest BCUT2D eigenvalue weighted by Gasteiger charge is 2.12. The van der Waals surface area contributed by atoms with E-state index in [1.165, 1.54) is 0 Å². The summed E-state index contributed by atoms with van der Waals surface area (Å²) in [6.07, 6.45) is 0. The molecule has 5 heteroatoms. The molecule has 0 saturated carbocycles. The van der Waals surface area contributed by atoms with E-state index >= 15 is 0 Å². The van der Waals surface area contributed by atoms with Crippen LogP contribution in [0.2, 0.25) is 0 Å². The van der Waals surface area contributed by atoms with Crippen LogP contribution in [0.3, 0.4) is 0 Å². The van der Waals surface area contributed by atoms with E-state index in [1.54, 1.807) is 18.9 Å². The van der Waals surface area contributed by atoms with Gasteiger partial charge in [0.25, 0.3) is 0 Å². The molecule has 0 aromatic rings. The number of nitrogens with two attached hydrogens (primary N) is 1. The van der Waals surface area contributed by atoms with Crippen LogP contribution in [-0.4, -0.2) is 47.3 Å². The van der Waals surface area contributed by atoms with Crippen LogP contribution in [0.5, 0.6) is 0 Å². The van der Waals surface area contributed by atoms with Crippen molar-refractivity contribution in [2.45, 2.75) is 13.0 Å². The van der Waals surface area contributed by atoms with E-state index < -0.39 is 0 Å². The minimum absolute atomic E-state index is 0.0690. The van der Waals surface area contributed by atoms with Crippen molar-refractivity contribution < 1.29 is 10.3 Å². The van der Waals surface area contributed by atoms with Crippen molar-refractivity contribution in [3.8, 4) is 0 Å². The van der Waals surface area contributed by atoms with Crippen molar-refractivity contribution in [3.63, 3.8) is 0 Å². The zero-order valence-corrected chi connectivity index (χ0v) is 6.86. The lowest BCUT2D eigenvalue weighted by Gasteiger charge is -2.21. The molecule has 0 radical (unpaired) electrons. The van der Waals surface area contributed by atoms with Crippen LogP contribution in [0.4, 0.5) is 0 Å². The Morgan fingerprint density at radius 1 is 1.73 bits per heavy atom. The fourth-order valence-corrected chi connectivity index (χ4v) is 0.661. The van der Waals surface area contributed by atoms with Crippen molar-refractivity contribution in [3.05, 3.63) is 0 Å². The van der Waals surface area contributed by atoms with Crippen molar-refractivity contribution in [1.82, 2.24) is 4.90 Å². The second-order valence-electron chi connectivity index (χ2n) is 2.41. The molecular weight excluding hydrogens is 146 g/mol. The van der Waals surface area contributed by atoms with Crippen LogP contribution in [-0.2, 0) is 0 Å². The van der Waals surface area contributed by atoms with Gasteiger partial charge in [0.1, 0.15) is 0 Å². The largest absolute Gasteiger partial charge is 0.409 e. The topological polar surface area (TPSA) is 82.1 Å². The number of aliphatic hydroxyl groups is 1. The van der Waals surface area contributed by atoms with E-state index in [0.717, 1.165) is 0 Å². The van der Waals surface area contributed by atoms with E-state index in [2.05, 4.69) is 5.16 Å². The Kier molecular flexibility index (Phi) is 4.56. The number of oxime groups is 1. The second kappa shape index (κ2) is 4.92. The molecule has 66 valence electrons. The minimum atomic E-state index is -0.146. The van der Waals surface area contributed by atoms with Gasteiger partial charge >= 0.3 is 0 Å². The Morgan fingerprint density at radius 3 is 2.64 bits per heavy atom. The van der Waals surface area contributed by atoms with Crippen LogP contribution in [0.1, 0.15) is 6.92 Å². The van der Waals surface area contributed by atoms with Crippen LogP contribution in [0.15, 0.2) is 5.16 Å². The van der Waals surface area contributed by atoms with Gasteiger partial charge in [-0.05, 0) is 14.0 Å². The molecule has 0 aliphatic heterocycles. The molecule has 0 amide bonds. The van der Waals surface area contributed by atoms with E-state index in [9.17, 15) is 0 Å². The van der Waals surface area contributed by atoms with Crippen molar-refractivity contribution in [2.75, 3.05) is 20.2 Å². The van der Waals surface area contributed by atoms with Gasteiger partial charge in [-0.3, -0.25) is 4.90 Å². The third kappa shape index (κ3) is 3.20. The average molecular weight is 161 g/mol. The summed E-state index contributed by atoms with van der Waals surface area (Å²) in [5.74, 6) is 0.154. The molecule has 4 N–H and O–H groups in total. The van der Waals surface area contributed by atoms with Gasteiger partial charge in [-0.1, -0.05) is 5.16 Å². The maximum absolute atomic E-state index is 8.56.